The summed E-state index contributed by atoms with van der Waals surface area (Å²) < 4.78 is 23.9. The summed E-state index contributed by atoms with van der Waals surface area (Å²) in [5.41, 5.74) is 0. The van der Waals surface area contributed by atoms with Gasteiger partial charge in [-0.2, -0.15) is 0 Å². The smallest absolute Gasteiger partial charge is 0.322 e. The molecule has 1 aromatic heterocycles. The summed E-state index contributed by atoms with van der Waals surface area (Å²) in [6.07, 6.45) is -2.67. The molecule has 8 heteroatoms. The van der Waals surface area contributed by atoms with Crippen LogP contribution in [-0.4, -0.2) is 27.8 Å². The van der Waals surface area contributed by atoms with Crippen molar-refractivity contribution in [3.05, 3.63) is 5.01 Å². The normalized spacial score (nSPS) is 10.4. The Balaban J connectivity index is 2.54. The SMILES string of the molecule is O=C(O)CNc1nnc(C(F)F)s1. The number of halogens is 2. The molecule has 0 spiro atoms. The molecule has 0 saturated heterocycles. The summed E-state index contributed by atoms with van der Waals surface area (Å²) >= 11 is 0.636. The molecule has 72 valence electrons. The number of aromatic nitrogens is 2. The molecule has 0 amide bonds. The highest BCUT2D eigenvalue weighted by molar-refractivity contribution is 7.15. The van der Waals surface area contributed by atoms with E-state index in [0.29, 0.717) is 11.3 Å². The van der Waals surface area contributed by atoms with E-state index in [1.807, 2.05) is 0 Å². The number of carboxylic acids is 1. The standard InChI is InChI=1S/C5H5F2N3O2S/c6-3(7)4-9-10-5(13-4)8-1-2(11)12/h3H,1H2,(H,8,10)(H,11,12). The fourth-order valence-corrected chi connectivity index (χ4v) is 1.14. The lowest BCUT2D eigenvalue weighted by molar-refractivity contribution is -0.134. The first-order chi connectivity index (χ1) is 6.09. The van der Waals surface area contributed by atoms with Gasteiger partial charge in [0.05, 0.1) is 0 Å². The summed E-state index contributed by atoms with van der Waals surface area (Å²) in [5.74, 6) is -1.09. The predicted octanol–water partition coefficient (Wildman–Crippen LogP) is 0.972. The van der Waals surface area contributed by atoms with Gasteiger partial charge in [-0.1, -0.05) is 11.3 Å². The van der Waals surface area contributed by atoms with Crippen LogP contribution in [0.15, 0.2) is 0 Å². The number of hydrogen-bond acceptors (Lipinski definition) is 5. The quantitative estimate of drug-likeness (QED) is 0.772. The maximum atomic E-state index is 11.9. The van der Waals surface area contributed by atoms with Crippen molar-refractivity contribution >= 4 is 22.4 Å². The van der Waals surface area contributed by atoms with Crippen molar-refractivity contribution in [2.75, 3.05) is 11.9 Å². The fraction of sp³-hybridized carbons (Fsp3) is 0.400. The van der Waals surface area contributed by atoms with Crippen LogP contribution in [0.2, 0.25) is 0 Å². The van der Waals surface area contributed by atoms with Gasteiger partial charge in [0.15, 0.2) is 5.01 Å². The van der Waals surface area contributed by atoms with E-state index in [2.05, 4.69) is 15.5 Å². The van der Waals surface area contributed by atoms with Crippen LogP contribution in [-0.2, 0) is 4.79 Å². The van der Waals surface area contributed by atoms with Gasteiger partial charge >= 0.3 is 5.97 Å². The van der Waals surface area contributed by atoms with Crippen molar-refractivity contribution in [2.24, 2.45) is 0 Å². The maximum Gasteiger partial charge on any atom is 0.322 e. The summed E-state index contributed by atoms with van der Waals surface area (Å²) in [6.45, 7) is -0.363. The summed E-state index contributed by atoms with van der Waals surface area (Å²) in [7, 11) is 0. The molecule has 2 N–H and O–H groups in total. The zero-order valence-corrected chi connectivity index (χ0v) is 7.02. The van der Waals surface area contributed by atoms with Crippen molar-refractivity contribution in [3.63, 3.8) is 0 Å². The minimum atomic E-state index is -2.67. The Morgan fingerprint density at radius 1 is 1.62 bits per heavy atom. The molecule has 1 aromatic rings. The van der Waals surface area contributed by atoms with E-state index in [1.165, 1.54) is 0 Å². The zero-order chi connectivity index (χ0) is 9.84. The van der Waals surface area contributed by atoms with E-state index in [9.17, 15) is 13.6 Å². The van der Waals surface area contributed by atoms with Crippen LogP contribution in [0.4, 0.5) is 13.9 Å². The lowest BCUT2D eigenvalue weighted by Gasteiger charge is -1.93. The van der Waals surface area contributed by atoms with Gasteiger partial charge in [-0.25, -0.2) is 8.78 Å². The Morgan fingerprint density at radius 2 is 2.31 bits per heavy atom. The predicted molar refractivity (Wildman–Crippen MR) is 41.0 cm³/mol. The molecular formula is C5H5F2N3O2S. The Kier molecular flexibility index (Phi) is 3.07. The van der Waals surface area contributed by atoms with Crippen LogP contribution in [0.1, 0.15) is 11.4 Å². The average Bonchev–Trinajstić information content (AvgIpc) is 2.48. The van der Waals surface area contributed by atoms with E-state index >= 15 is 0 Å². The molecule has 0 aromatic carbocycles. The van der Waals surface area contributed by atoms with E-state index < -0.39 is 17.4 Å². The van der Waals surface area contributed by atoms with E-state index in [0.717, 1.165) is 0 Å². The number of hydrogen-bond donors (Lipinski definition) is 2. The third-order valence-corrected chi connectivity index (χ3v) is 1.91. The van der Waals surface area contributed by atoms with Gasteiger partial charge in [-0.3, -0.25) is 4.79 Å². The van der Waals surface area contributed by atoms with Crippen molar-refractivity contribution in [2.45, 2.75) is 6.43 Å². The Bertz CT molecular complexity index is 304. The molecule has 0 atom stereocenters. The van der Waals surface area contributed by atoms with Crippen LogP contribution in [0, 0.1) is 0 Å². The second-order valence-electron chi connectivity index (χ2n) is 1.99. The molecule has 0 unspecified atom stereocenters. The second-order valence-corrected chi connectivity index (χ2v) is 3.00. The van der Waals surface area contributed by atoms with Crippen LogP contribution >= 0.6 is 11.3 Å². The number of nitrogens with one attached hydrogen (secondary N) is 1. The molecular weight excluding hydrogens is 204 g/mol. The number of carboxylic acid groups (broad SMARTS) is 1. The molecule has 0 radical (unpaired) electrons. The molecule has 1 heterocycles. The molecule has 1 rings (SSSR count). The van der Waals surface area contributed by atoms with E-state index in [4.69, 9.17) is 5.11 Å². The zero-order valence-electron chi connectivity index (χ0n) is 6.20. The molecule has 5 nitrogen and oxygen atoms in total. The second kappa shape index (κ2) is 4.08. The molecule has 0 saturated carbocycles. The lowest BCUT2D eigenvalue weighted by Crippen LogP contribution is -2.11. The average molecular weight is 209 g/mol. The maximum absolute atomic E-state index is 11.9. The summed E-state index contributed by atoms with van der Waals surface area (Å²) in [4.78, 5) is 10.1. The number of alkyl halides is 2. The van der Waals surface area contributed by atoms with Gasteiger partial charge in [-0.05, 0) is 0 Å². The third kappa shape index (κ3) is 2.90. The first-order valence-corrected chi connectivity index (χ1v) is 3.98. The van der Waals surface area contributed by atoms with Gasteiger partial charge in [-0.15, -0.1) is 10.2 Å². The first kappa shape index (κ1) is 9.78. The Morgan fingerprint density at radius 3 is 2.77 bits per heavy atom. The van der Waals surface area contributed by atoms with Gasteiger partial charge in [0, 0.05) is 0 Å². The Labute approximate surface area is 75.4 Å². The molecule has 0 aliphatic rings. The van der Waals surface area contributed by atoms with E-state index in [1.54, 1.807) is 0 Å². The van der Waals surface area contributed by atoms with Crippen molar-refractivity contribution in [1.29, 1.82) is 0 Å². The molecule has 13 heavy (non-hydrogen) atoms. The molecule has 0 aliphatic carbocycles. The molecule has 0 fully saturated rings. The van der Waals surface area contributed by atoms with Gasteiger partial charge < -0.3 is 10.4 Å². The largest absolute Gasteiger partial charge is 0.480 e. The minimum absolute atomic E-state index is 0.0812. The minimum Gasteiger partial charge on any atom is -0.480 e. The van der Waals surface area contributed by atoms with Crippen LogP contribution < -0.4 is 5.32 Å². The number of carbonyl (C=O) groups is 1. The third-order valence-electron chi connectivity index (χ3n) is 1.02. The van der Waals surface area contributed by atoms with Crippen molar-refractivity contribution < 1.29 is 18.7 Å². The van der Waals surface area contributed by atoms with Crippen molar-refractivity contribution in [3.8, 4) is 0 Å². The van der Waals surface area contributed by atoms with Crippen molar-refractivity contribution in [1.82, 2.24) is 10.2 Å². The van der Waals surface area contributed by atoms with Gasteiger partial charge in [0.1, 0.15) is 6.54 Å². The number of anilines is 1. The number of nitrogens with zero attached hydrogens (tertiary/aromatic N) is 2. The van der Waals surface area contributed by atoms with E-state index in [-0.39, 0.29) is 11.7 Å². The molecule has 0 aliphatic heterocycles. The van der Waals surface area contributed by atoms with Crippen LogP contribution in [0.25, 0.3) is 0 Å². The fourth-order valence-electron chi connectivity index (χ4n) is 0.545. The van der Waals surface area contributed by atoms with Gasteiger partial charge in [0.25, 0.3) is 6.43 Å². The summed E-state index contributed by atoms with van der Waals surface area (Å²) in [6, 6.07) is 0. The van der Waals surface area contributed by atoms with Crippen LogP contribution in [0.3, 0.4) is 0 Å². The molecule has 0 bridgehead atoms. The highest BCUT2D eigenvalue weighted by Crippen LogP contribution is 2.24. The number of rotatable bonds is 4. The highest BCUT2D eigenvalue weighted by Gasteiger charge is 2.13. The van der Waals surface area contributed by atoms with Gasteiger partial charge in [0.2, 0.25) is 5.13 Å². The summed E-state index contributed by atoms with van der Waals surface area (Å²) in [5, 5.41) is 16.7. The Hall–Kier alpha value is -1.31. The highest BCUT2D eigenvalue weighted by atomic mass is 32.1. The lowest BCUT2D eigenvalue weighted by atomic mass is 10.7. The number of aliphatic carboxylic acids is 1. The monoisotopic (exact) mass is 209 g/mol. The first-order valence-electron chi connectivity index (χ1n) is 3.17. The van der Waals surface area contributed by atoms with Crippen LogP contribution in [0.5, 0.6) is 0 Å². The topological polar surface area (TPSA) is 75.1 Å².